The first kappa shape index (κ1) is 34.8. The quantitative estimate of drug-likeness (QED) is 0.139. The number of aromatic amines is 1. The molecular weight excluding hydrogens is 731 g/mol. The topological polar surface area (TPSA) is 319 Å². The van der Waals surface area contributed by atoms with Gasteiger partial charge >= 0.3 is 21.8 Å². The number of H-pyrrole nitrogens is 1. The van der Waals surface area contributed by atoms with Crippen molar-refractivity contribution in [3.63, 3.8) is 0 Å². The van der Waals surface area contributed by atoms with Crippen LogP contribution >= 0.6 is 15.6 Å². The number of nitrogens with one attached hydrogen (secondary N) is 1. The van der Waals surface area contributed by atoms with E-state index in [-0.39, 0.29) is 28.1 Å². The molecule has 0 aromatic carbocycles. The maximum Gasteiger partial charge on any atom is 0.472 e. The molecule has 3 aliphatic rings. The zero-order valence-electron chi connectivity index (χ0n) is 24.7. The van der Waals surface area contributed by atoms with Crippen LogP contribution in [0.25, 0.3) is 22.3 Å². The molecule has 0 spiro atoms. The molecule has 7 rings (SSSR count). The number of anilines is 2. The average Bonchev–Trinajstić information content (AvgIpc) is 3.78. The number of nitrogen functional groups attached to an aromatic ring is 2. The second-order valence-corrected chi connectivity index (χ2v) is 13.9. The van der Waals surface area contributed by atoms with E-state index in [1.807, 2.05) is 0 Å². The van der Waals surface area contributed by atoms with Crippen molar-refractivity contribution in [3.8, 4) is 0 Å². The van der Waals surface area contributed by atoms with E-state index in [4.69, 9.17) is 43.8 Å². The molecule has 28 heteroatoms. The molecule has 3 aliphatic heterocycles. The van der Waals surface area contributed by atoms with Crippen LogP contribution in [0.4, 0.5) is 24.9 Å². The molecule has 3 saturated heterocycles. The SMILES string of the molecule is Nc1nc2c(ncn2[C@@H]2O[C@@H]3COP(=O)(O)OC4[C@@H](O)[C@@H](COP(=O)(O)O[C@H]2C3OCC(F)(F)F)O[C@H]4n2cnc3c(N)ncnc32)c(=O)[nH]1. The summed E-state index contributed by atoms with van der Waals surface area (Å²) in [6.07, 6.45) is -16.0. The summed E-state index contributed by atoms with van der Waals surface area (Å²) in [6.45, 7) is -3.97. The first-order chi connectivity index (χ1) is 23.5. The monoisotopic (exact) mass is 756 g/mol. The fourth-order valence-corrected chi connectivity index (χ4v) is 7.51. The smallest absolute Gasteiger partial charge is 0.387 e. The Labute approximate surface area is 274 Å². The Kier molecular flexibility index (Phi) is 8.72. The van der Waals surface area contributed by atoms with Gasteiger partial charge in [-0.2, -0.15) is 18.2 Å². The lowest BCUT2D eigenvalue weighted by Gasteiger charge is -2.28. The molecule has 0 amide bonds. The largest absolute Gasteiger partial charge is 0.472 e. The maximum atomic E-state index is 13.4. The van der Waals surface area contributed by atoms with Gasteiger partial charge in [0.15, 0.2) is 35.1 Å². The molecule has 4 bridgehead atoms. The Morgan fingerprint density at radius 1 is 0.920 bits per heavy atom. The third-order valence-corrected chi connectivity index (χ3v) is 9.71. The summed E-state index contributed by atoms with van der Waals surface area (Å²) in [5.41, 5.74) is 10.2. The predicted molar refractivity (Wildman–Crippen MR) is 153 cm³/mol. The number of aliphatic hydroxyl groups is 1. The standard InChI is InChI=1S/C22H25F3N10O13P2/c23-22(24,25)3-42-12-8-2-44-49(38,39)47-13-11(36)7(45-19(13)34-5-30-9-15(26)28-4-29-16(9)34)1-43-50(40,41)48-14(12)20(46-8)35-6-31-10-17(35)32-21(27)33-18(10)37/h4-8,11-14,19-20,36H,1-3H2,(H,38,39)(H,40,41)(H2,26,28,29)(H3,27,32,33,37)/t7-,8-,11+,12?,13?,14+,19-,20-/m1/s1. The van der Waals surface area contributed by atoms with Crippen LogP contribution in [0, 0.1) is 0 Å². The lowest BCUT2D eigenvalue weighted by atomic mass is 10.1. The Hall–Kier alpha value is -3.65. The van der Waals surface area contributed by atoms with Gasteiger partial charge in [-0.15, -0.1) is 0 Å². The van der Waals surface area contributed by atoms with E-state index in [9.17, 15) is 42.0 Å². The van der Waals surface area contributed by atoms with Crippen molar-refractivity contribution in [1.29, 1.82) is 0 Å². The minimum atomic E-state index is -5.36. The summed E-state index contributed by atoms with van der Waals surface area (Å²) >= 11 is 0. The molecule has 7 heterocycles. The van der Waals surface area contributed by atoms with Gasteiger partial charge in [0.25, 0.3) is 5.56 Å². The van der Waals surface area contributed by atoms with E-state index in [0.29, 0.717) is 0 Å². The number of nitrogens with zero attached hydrogens (tertiary/aromatic N) is 7. The fraction of sp³-hybridized carbons (Fsp3) is 0.545. The van der Waals surface area contributed by atoms with Crippen LogP contribution < -0.4 is 17.0 Å². The number of hydrogen-bond acceptors (Lipinski definition) is 18. The van der Waals surface area contributed by atoms with Gasteiger partial charge in [0, 0.05) is 0 Å². The Balaban J connectivity index is 1.26. The highest BCUT2D eigenvalue weighted by molar-refractivity contribution is 7.47. The summed E-state index contributed by atoms with van der Waals surface area (Å²) < 4.78 is 106. The van der Waals surface area contributed by atoms with E-state index < -0.39 is 102 Å². The van der Waals surface area contributed by atoms with Crippen molar-refractivity contribution >= 4 is 49.7 Å². The number of aromatic nitrogens is 8. The van der Waals surface area contributed by atoms with Gasteiger partial charge in [-0.1, -0.05) is 0 Å². The number of fused-ring (bicyclic) bond motifs is 6. The van der Waals surface area contributed by atoms with Crippen LogP contribution in [0.3, 0.4) is 0 Å². The summed E-state index contributed by atoms with van der Waals surface area (Å²) in [6, 6.07) is 0. The van der Waals surface area contributed by atoms with Gasteiger partial charge in [-0.3, -0.25) is 37.0 Å². The van der Waals surface area contributed by atoms with Crippen molar-refractivity contribution in [2.45, 2.75) is 55.3 Å². The molecule has 50 heavy (non-hydrogen) atoms. The Morgan fingerprint density at radius 2 is 1.52 bits per heavy atom. The Bertz CT molecular complexity index is 2080. The van der Waals surface area contributed by atoms with Gasteiger partial charge in [0.05, 0.1) is 25.9 Å². The summed E-state index contributed by atoms with van der Waals surface area (Å²) in [7, 11) is -10.7. The molecule has 0 aliphatic carbocycles. The molecule has 4 unspecified atom stereocenters. The molecule has 8 N–H and O–H groups in total. The predicted octanol–water partition coefficient (Wildman–Crippen LogP) is -0.755. The molecule has 0 radical (unpaired) electrons. The highest BCUT2D eigenvalue weighted by Gasteiger charge is 2.55. The van der Waals surface area contributed by atoms with E-state index in [1.165, 1.54) is 4.57 Å². The molecule has 4 aromatic heterocycles. The second-order valence-electron chi connectivity index (χ2n) is 11.0. The summed E-state index contributed by atoms with van der Waals surface area (Å²) in [5, 5.41) is 11.1. The van der Waals surface area contributed by atoms with Crippen LogP contribution in [-0.2, 0) is 41.4 Å². The average molecular weight is 756 g/mol. The highest BCUT2D eigenvalue weighted by Crippen LogP contribution is 2.54. The van der Waals surface area contributed by atoms with E-state index in [1.54, 1.807) is 0 Å². The normalized spacial score (nSPS) is 35.5. The van der Waals surface area contributed by atoms with Crippen LogP contribution in [0.15, 0.2) is 23.8 Å². The number of nitrogens with two attached hydrogens (primary N) is 2. The first-order valence-corrected chi connectivity index (χ1v) is 17.1. The molecule has 10 atom stereocenters. The fourth-order valence-electron chi connectivity index (χ4n) is 5.65. The summed E-state index contributed by atoms with van der Waals surface area (Å²) in [4.78, 5) is 56.0. The third kappa shape index (κ3) is 6.60. The van der Waals surface area contributed by atoms with Crippen molar-refractivity contribution in [2.24, 2.45) is 0 Å². The molecule has 3 fully saturated rings. The van der Waals surface area contributed by atoms with Crippen molar-refractivity contribution < 1.29 is 69.5 Å². The lowest BCUT2D eigenvalue weighted by molar-refractivity contribution is -0.196. The number of hydrogen-bond donors (Lipinski definition) is 6. The van der Waals surface area contributed by atoms with Gasteiger partial charge < -0.3 is 40.6 Å². The maximum absolute atomic E-state index is 13.4. The highest BCUT2D eigenvalue weighted by atomic mass is 31.2. The number of phosphoric ester groups is 2. The molecule has 23 nitrogen and oxygen atoms in total. The van der Waals surface area contributed by atoms with Crippen LogP contribution in [0.2, 0.25) is 0 Å². The zero-order chi connectivity index (χ0) is 35.7. The molecule has 0 saturated carbocycles. The number of aliphatic hydroxyl groups excluding tert-OH is 1. The number of imidazole rings is 2. The van der Waals surface area contributed by atoms with Crippen LogP contribution in [-0.4, -0.2) is 117 Å². The number of alkyl halides is 3. The van der Waals surface area contributed by atoms with Crippen molar-refractivity contribution in [1.82, 2.24) is 39.0 Å². The zero-order valence-corrected chi connectivity index (χ0v) is 26.5. The minimum Gasteiger partial charge on any atom is -0.387 e. The first-order valence-electron chi connectivity index (χ1n) is 14.1. The van der Waals surface area contributed by atoms with Gasteiger partial charge in [0.1, 0.15) is 55.1 Å². The Morgan fingerprint density at radius 3 is 2.22 bits per heavy atom. The lowest BCUT2D eigenvalue weighted by Crippen LogP contribution is -2.41. The van der Waals surface area contributed by atoms with Crippen LogP contribution in [0.5, 0.6) is 0 Å². The van der Waals surface area contributed by atoms with Gasteiger partial charge in [-0.25, -0.2) is 29.1 Å². The van der Waals surface area contributed by atoms with Crippen LogP contribution in [0.1, 0.15) is 12.5 Å². The number of halogens is 3. The molecular formula is C22H25F3N10O13P2. The minimum absolute atomic E-state index is 0.0389. The van der Waals surface area contributed by atoms with Crippen molar-refractivity contribution in [2.75, 3.05) is 31.3 Å². The molecule has 272 valence electrons. The number of rotatable bonds is 4. The molecule has 4 aromatic rings. The number of phosphoric acid groups is 2. The second kappa shape index (κ2) is 12.5. The van der Waals surface area contributed by atoms with E-state index in [0.717, 1.165) is 23.5 Å². The van der Waals surface area contributed by atoms with Gasteiger partial charge in [-0.05, 0) is 0 Å². The van der Waals surface area contributed by atoms with Crippen molar-refractivity contribution in [3.05, 3.63) is 29.3 Å². The van der Waals surface area contributed by atoms with E-state index >= 15 is 0 Å². The third-order valence-electron chi connectivity index (χ3n) is 7.74. The van der Waals surface area contributed by atoms with E-state index in [2.05, 4.69) is 29.9 Å². The van der Waals surface area contributed by atoms with Gasteiger partial charge in [0.2, 0.25) is 5.95 Å². The summed E-state index contributed by atoms with van der Waals surface area (Å²) in [5.74, 6) is -0.438. The number of ether oxygens (including phenoxy) is 3.